The van der Waals surface area contributed by atoms with E-state index in [1.165, 1.54) is 0 Å². The van der Waals surface area contributed by atoms with E-state index < -0.39 is 0 Å². The minimum atomic E-state index is 0. The molecule has 0 radical (unpaired) electrons. The van der Waals surface area contributed by atoms with E-state index in [1.54, 1.807) is 7.11 Å². The van der Waals surface area contributed by atoms with Crippen molar-refractivity contribution in [3.63, 3.8) is 0 Å². The van der Waals surface area contributed by atoms with Crippen molar-refractivity contribution in [2.75, 3.05) is 7.11 Å². The average molecular weight is 304 g/mol. The van der Waals surface area contributed by atoms with Crippen molar-refractivity contribution in [1.29, 1.82) is 0 Å². The minimum Gasteiger partial charge on any atom is -1.00 e. The Bertz CT molecular complexity index is 613. The highest BCUT2D eigenvalue weighted by atomic mass is 79.9. The van der Waals surface area contributed by atoms with E-state index in [-0.39, 0.29) is 17.0 Å². The van der Waals surface area contributed by atoms with E-state index in [1.807, 2.05) is 59.3 Å². The molecule has 0 aliphatic carbocycles. The molecule has 0 spiro atoms. The van der Waals surface area contributed by atoms with Crippen LogP contribution in [-0.2, 0) is 0 Å². The SMILES string of the molecule is COc1ccc(-c2cn3ccccc3n2)cc1.[Br-]. The van der Waals surface area contributed by atoms with E-state index in [0.29, 0.717) is 0 Å². The molecule has 0 amide bonds. The summed E-state index contributed by atoms with van der Waals surface area (Å²) in [7, 11) is 1.67. The van der Waals surface area contributed by atoms with Crippen molar-refractivity contribution in [3.05, 3.63) is 54.9 Å². The lowest BCUT2D eigenvalue weighted by Gasteiger charge is -1.99. The van der Waals surface area contributed by atoms with Gasteiger partial charge in [0.15, 0.2) is 0 Å². The number of methoxy groups -OCH3 is 1. The third-order valence-electron chi connectivity index (χ3n) is 2.75. The van der Waals surface area contributed by atoms with Gasteiger partial charge in [0.25, 0.3) is 0 Å². The standard InChI is InChI=1S/C14H12N2O.BrH/c1-17-12-7-5-11(6-8-12)13-10-16-9-3-2-4-14(16)15-13;/h2-10H,1H3;1H/p-1. The number of pyridine rings is 1. The zero-order chi connectivity index (χ0) is 11.7. The third kappa shape index (κ3) is 2.24. The number of halogens is 1. The molecule has 3 rings (SSSR count). The van der Waals surface area contributed by atoms with Crippen LogP contribution in [0.25, 0.3) is 16.9 Å². The van der Waals surface area contributed by atoms with Gasteiger partial charge >= 0.3 is 0 Å². The Balaban J connectivity index is 0.00000120. The number of rotatable bonds is 2. The lowest BCUT2D eigenvalue weighted by molar-refractivity contribution is -0.00000377. The van der Waals surface area contributed by atoms with Crippen LogP contribution in [0.2, 0.25) is 0 Å². The van der Waals surface area contributed by atoms with Crippen LogP contribution in [0.15, 0.2) is 54.9 Å². The van der Waals surface area contributed by atoms with Crippen LogP contribution in [0, 0.1) is 0 Å². The molecule has 0 N–H and O–H groups in total. The molecule has 0 unspecified atom stereocenters. The first-order valence-electron chi connectivity index (χ1n) is 5.45. The molecule has 0 aliphatic heterocycles. The second-order valence-corrected chi connectivity index (χ2v) is 3.82. The van der Waals surface area contributed by atoms with Gasteiger partial charge in [-0.2, -0.15) is 0 Å². The minimum absolute atomic E-state index is 0. The van der Waals surface area contributed by atoms with Crippen LogP contribution in [-0.4, -0.2) is 16.5 Å². The zero-order valence-corrected chi connectivity index (χ0v) is 11.5. The Kier molecular flexibility index (Phi) is 3.67. The van der Waals surface area contributed by atoms with Gasteiger partial charge in [-0.1, -0.05) is 6.07 Å². The molecule has 3 nitrogen and oxygen atoms in total. The number of imidazole rings is 1. The lowest BCUT2D eigenvalue weighted by atomic mass is 10.2. The van der Waals surface area contributed by atoms with Crippen molar-refractivity contribution in [1.82, 2.24) is 9.38 Å². The van der Waals surface area contributed by atoms with Crippen LogP contribution < -0.4 is 21.7 Å². The monoisotopic (exact) mass is 303 g/mol. The molecular weight excluding hydrogens is 292 g/mol. The average Bonchev–Trinajstić information content (AvgIpc) is 2.82. The maximum atomic E-state index is 5.14. The third-order valence-corrected chi connectivity index (χ3v) is 2.75. The molecule has 0 saturated carbocycles. The largest absolute Gasteiger partial charge is 1.00 e. The van der Waals surface area contributed by atoms with Gasteiger partial charge in [-0.3, -0.25) is 0 Å². The summed E-state index contributed by atoms with van der Waals surface area (Å²) in [5, 5.41) is 0. The fourth-order valence-electron chi connectivity index (χ4n) is 1.84. The second kappa shape index (κ2) is 5.23. The van der Waals surface area contributed by atoms with Crippen LogP contribution >= 0.6 is 0 Å². The zero-order valence-electron chi connectivity index (χ0n) is 9.88. The molecule has 2 heterocycles. The van der Waals surface area contributed by atoms with E-state index >= 15 is 0 Å². The molecule has 3 aromatic rings. The van der Waals surface area contributed by atoms with Crippen LogP contribution in [0.4, 0.5) is 0 Å². The predicted molar refractivity (Wildman–Crippen MR) is 67.2 cm³/mol. The highest BCUT2D eigenvalue weighted by molar-refractivity contribution is 5.63. The van der Waals surface area contributed by atoms with E-state index in [2.05, 4.69) is 4.98 Å². The van der Waals surface area contributed by atoms with E-state index in [0.717, 1.165) is 22.7 Å². The molecule has 0 bridgehead atoms. The summed E-state index contributed by atoms with van der Waals surface area (Å²) in [6, 6.07) is 13.9. The molecule has 0 fully saturated rings. The van der Waals surface area contributed by atoms with Crippen molar-refractivity contribution in [2.45, 2.75) is 0 Å². The first-order chi connectivity index (χ1) is 8.36. The maximum Gasteiger partial charge on any atom is 0.137 e. The van der Waals surface area contributed by atoms with Gasteiger partial charge in [-0.15, -0.1) is 0 Å². The van der Waals surface area contributed by atoms with Gasteiger partial charge in [0.05, 0.1) is 12.8 Å². The van der Waals surface area contributed by atoms with Crippen molar-refractivity contribution in [3.8, 4) is 17.0 Å². The Morgan fingerprint density at radius 3 is 2.50 bits per heavy atom. The highest BCUT2D eigenvalue weighted by Gasteiger charge is 2.03. The molecule has 2 aromatic heterocycles. The van der Waals surface area contributed by atoms with Gasteiger partial charge in [0.2, 0.25) is 0 Å². The van der Waals surface area contributed by atoms with E-state index in [9.17, 15) is 0 Å². The smallest absolute Gasteiger partial charge is 0.137 e. The first-order valence-corrected chi connectivity index (χ1v) is 5.45. The molecule has 0 atom stereocenters. The Hall–Kier alpha value is -1.81. The number of aromatic nitrogens is 2. The van der Waals surface area contributed by atoms with E-state index in [4.69, 9.17) is 4.74 Å². The summed E-state index contributed by atoms with van der Waals surface area (Å²) in [5.41, 5.74) is 3.02. The summed E-state index contributed by atoms with van der Waals surface area (Å²) >= 11 is 0. The van der Waals surface area contributed by atoms with Gasteiger partial charge in [-0.05, 0) is 36.4 Å². The molecule has 0 aliphatic rings. The molecule has 0 saturated heterocycles. The Morgan fingerprint density at radius 1 is 1.06 bits per heavy atom. The summed E-state index contributed by atoms with van der Waals surface area (Å²) in [6.45, 7) is 0. The first kappa shape index (κ1) is 12.6. The summed E-state index contributed by atoms with van der Waals surface area (Å²) in [5.74, 6) is 0.859. The predicted octanol–water partition coefficient (Wildman–Crippen LogP) is 0.0139. The summed E-state index contributed by atoms with van der Waals surface area (Å²) < 4.78 is 7.15. The summed E-state index contributed by atoms with van der Waals surface area (Å²) in [4.78, 5) is 4.56. The fourth-order valence-corrected chi connectivity index (χ4v) is 1.84. The van der Waals surface area contributed by atoms with Crippen LogP contribution in [0.1, 0.15) is 0 Å². The number of hydrogen-bond donors (Lipinski definition) is 0. The Morgan fingerprint density at radius 2 is 1.83 bits per heavy atom. The fraction of sp³-hybridized carbons (Fsp3) is 0.0714. The molecular formula is C14H12BrN2O-. The molecule has 18 heavy (non-hydrogen) atoms. The quantitative estimate of drug-likeness (QED) is 0.667. The van der Waals surface area contributed by atoms with Crippen LogP contribution in [0.3, 0.4) is 0 Å². The normalized spacial score (nSPS) is 10.1. The van der Waals surface area contributed by atoms with Crippen molar-refractivity contribution < 1.29 is 21.7 Å². The highest BCUT2D eigenvalue weighted by Crippen LogP contribution is 2.21. The van der Waals surface area contributed by atoms with Gasteiger partial charge in [-0.25, -0.2) is 4.98 Å². The topological polar surface area (TPSA) is 26.5 Å². The number of nitrogens with zero attached hydrogens (tertiary/aromatic N) is 2. The second-order valence-electron chi connectivity index (χ2n) is 3.82. The molecule has 1 aromatic carbocycles. The number of hydrogen-bond acceptors (Lipinski definition) is 2. The molecule has 4 heteroatoms. The van der Waals surface area contributed by atoms with Crippen LogP contribution in [0.5, 0.6) is 5.75 Å². The Labute approximate surface area is 116 Å². The maximum absolute atomic E-state index is 5.14. The summed E-state index contributed by atoms with van der Waals surface area (Å²) in [6.07, 6.45) is 4.02. The number of fused-ring (bicyclic) bond motifs is 1. The number of ether oxygens (including phenoxy) is 1. The van der Waals surface area contributed by atoms with Crippen molar-refractivity contribution >= 4 is 5.65 Å². The molecule has 92 valence electrons. The van der Waals surface area contributed by atoms with Gasteiger partial charge in [0, 0.05) is 18.0 Å². The number of benzene rings is 1. The lowest BCUT2D eigenvalue weighted by Crippen LogP contribution is -3.00. The van der Waals surface area contributed by atoms with Gasteiger partial charge in [0.1, 0.15) is 11.4 Å². The van der Waals surface area contributed by atoms with Gasteiger partial charge < -0.3 is 26.1 Å². The van der Waals surface area contributed by atoms with Crippen molar-refractivity contribution in [2.24, 2.45) is 0 Å².